The van der Waals surface area contributed by atoms with Gasteiger partial charge in [-0.15, -0.1) is 0 Å². The van der Waals surface area contributed by atoms with Crippen LogP contribution in [0.15, 0.2) is 18.2 Å². The lowest BCUT2D eigenvalue weighted by atomic mass is 9.96. The van der Waals surface area contributed by atoms with Crippen molar-refractivity contribution in [3.05, 3.63) is 28.3 Å². The van der Waals surface area contributed by atoms with Crippen LogP contribution in [0.3, 0.4) is 0 Å². The fourth-order valence-corrected chi connectivity index (χ4v) is 3.28. The zero-order valence-corrected chi connectivity index (χ0v) is 13.0. The highest BCUT2D eigenvalue weighted by molar-refractivity contribution is 5.76. The van der Waals surface area contributed by atoms with Crippen molar-refractivity contribution in [2.24, 2.45) is 5.92 Å². The Bertz CT molecular complexity index is 490. The Balaban J connectivity index is 2.23. The molecular formula is C16H25N3O2. The summed E-state index contributed by atoms with van der Waals surface area (Å²) in [5, 5.41) is 14.4. The zero-order valence-electron chi connectivity index (χ0n) is 13.0. The quantitative estimate of drug-likeness (QED) is 0.657. The number of anilines is 2. The topological polar surface area (TPSA) is 58.4 Å². The van der Waals surface area contributed by atoms with Crippen LogP contribution in [0.25, 0.3) is 0 Å². The van der Waals surface area contributed by atoms with E-state index in [9.17, 15) is 10.1 Å². The van der Waals surface area contributed by atoms with E-state index in [0.717, 1.165) is 37.5 Å². The molecule has 0 amide bonds. The van der Waals surface area contributed by atoms with E-state index >= 15 is 0 Å². The van der Waals surface area contributed by atoms with Crippen LogP contribution < -0.4 is 10.2 Å². The van der Waals surface area contributed by atoms with Gasteiger partial charge in [0.1, 0.15) is 11.4 Å². The molecule has 1 atom stereocenters. The summed E-state index contributed by atoms with van der Waals surface area (Å²) in [6, 6.07) is 5.53. The Morgan fingerprint density at radius 1 is 1.38 bits per heavy atom. The third kappa shape index (κ3) is 3.65. The van der Waals surface area contributed by atoms with Crippen molar-refractivity contribution in [3.8, 4) is 0 Å². The van der Waals surface area contributed by atoms with E-state index in [-0.39, 0.29) is 10.6 Å². The Hall–Kier alpha value is -1.78. The molecule has 1 aliphatic heterocycles. The number of nitro groups is 1. The van der Waals surface area contributed by atoms with Crippen LogP contribution in [-0.4, -0.2) is 25.1 Å². The van der Waals surface area contributed by atoms with Gasteiger partial charge in [0.15, 0.2) is 0 Å². The number of hydrogen-bond donors (Lipinski definition) is 1. The van der Waals surface area contributed by atoms with Gasteiger partial charge in [-0.3, -0.25) is 10.1 Å². The van der Waals surface area contributed by atoms with Crippen LogP contribution in [0.2, 0.25) is 0 Å². The normalized spacial score (nSPS) is 19.1. The number of benzene rings is 1. The van der Waals surface area contributed by atoms with Crippen molar-refractivity contribution in [2.75, 3.05) is 30.4 Å². The molecule has 0 saturated carbocycles. The van der Waals surface area contributed by atoms with Crippen LogP contribution in [0, 0.1) is 16.0 Å². The molecule has 5 nitrogen and oxygen atoms in total. The molecule has 1 heterocycles. The van der Waals surface area contributed by atoms with Gasteiger partial charge in [-0.1, -0.05) is 25.8 Å². The van der Waals surface area contributed by atoms with Crippen molar-refractivity contribution >= 4 is 17.1 Å². The molecule has 21 heavy (non-hydrogen) atoms. The minimum absolute atomic E-state index is 0.203. The molecule has 0 aromatic heterocycles. The largest absolute Gasteiger partial charge is 0.382 e. The monoisotopic (exact) mass is 291 g/mol. The van der Waals surface area contributed by atoms with Crippen LogP contribution in [-0.2, 0) is 0 Å². The molecule has 1 saturated heterocycles. The van der Waals surface area contributed by atoms with Gasteiger partial charge in [-0.25, -0.2) is 0 Å². The molecule has 0 radical (unpaired) electrons. The Labute approximate surface area is 126 Å². The van der Waals surface area contributed by atoms with E-state index in [4.69, 9.17) is 0 Å². The standard InChI is InChI=1S/C16H25N3O2/c1-3-6-13-7-5-11-18(12-10-13)15-9-4-8-14(17-2)16(15)19(20)21/h4,8-9,13,17H,3,5-7,10-12H2,1-2H3. The first-order chi connectivity index (χ1) is 10.2. The first-order valence-corrected chi connectivity index (χ1v) is 7.87. The van der Waals surface area contributed by atoms with E-state index in [1.54, 1.807) is 13.1 Å². The van der Waals surface area contributed by atoms with E-state index in [1.165, 1.54) is 19.3 Å². The van der Waals surface area contributed by atoms with E-state index in [1.807, 2.05) is 12.1 Å². The molecule has 1 fully saturated rings. The predicted octanol–water partition coefficient (Wildman–Crippen LogP) is 4.04. The SMILES string of the molecule is CCCC1CCCN(c2cccc(NC)c2[N+](=O)[O-])CC1. The molecule has 0 aliphatic carbocycles. The van der Waals surface area contributed by atoms with Gasteiger partial charge in [0.25, 0.3) is 0 Å². The Morgan fingerprint density at radius 3 is 2.86 bits per heavy atom. The summed E-state index contributed by atoms with van der Waals surface area (Å²) in [4.78, 5) is 13.4. The summed E-state index contributed by atoms with van der Waals surface area (Å²) in [7, 11) is 1.73. The van der Waals surface area contributed by atoms with Gasteiger partial charge in [-0.2, -0.15) is 0 Å². The van der Waals surface area contributed by atoms with Crippen molar-refractivity contribution in [1.29, 1.82) is 0 Å². The Morgan fingerprint density at radius 2 is 2.19 bits per heavy atom. The lowest BCUT2D eigenvalue weighted by Gasteiger charge is -2.23. The first-order valence-electron chi connectivity index (χ1n) is 7.87. The molecule has 1 unspecified atom stereocenters. The summed E-state index contributed by atoms with van der Waals surface area (Å²) >= 11 is 0. The molecule has 0 spiro atoms. The minimum atomic E-state index is -0.268. The molecule has 1 aliphatic rings. The number of rotatable bonds is 5. The number of hydrogen-bond acceptors (Lipinski definition) is 4. The van der Waals surface area contributed by atoms with Crippen molar-refractivity contribution in [1.82, 2.24) is 0 Å². The smallest absolute Gasteiger partial charge is 0.315 e. The summed E-state index contributed by atoms with van der Waals surface area (Å²) in [6.45, 7) is 4.05. The summed E-state index contributed by atoms with van der Waals surface area (Å²) in [5.74, 6) is 0.770. The van der Waals surface area contributed by atoms with Gasteiger partial charge < -0.3 is 10.2 Å². The maximum absolute atomic E-state index is 11.4. The summed E-state index contributed by atoms with van der Waals surface area (Å²) in [6.07, 6.45) is 5.98. The number of nitrogens with zero attached hydrogens (tertiary/aromatic N) is 2. The third-order valence-corrected chi connectivity index (χ3v) is 4.35. The van der Waals surface area contributed by atoms with Gasteiger partial charge in [0.05, 0.1) is 4.92 Å². The highest BCUT2D eigenvalue weighted by atomic mass is 16.6. The highest BCUT2D eigenvalue weighted by Gasteiger charge is 2.25. The third-order valence-electron chi connectivity index (χ3n) is 4.35. The molecule has 2 rings (SSSR count). The van der Waals surface area contributed by atoms with Gasteiger partial charge in [-0.05, 0) is 37.3 Å². The molecule has 1 aromatic rings. The minimum Gasteiger partial charge on any atom is -0.382 e. The average Bonchev–Trinajstić information content (AvgIpc) is 2.72. The van der Waals surface area contributed by atoms with Crippen molar-refractivity contribution in [3.63, 3.8) is 0 Å². The second-order valence-electron chi connectivity index (χ2n) is 5.75. The molecule has 116 valence electrons. The maximum Gasteiger partial charge on any atom is 0.315 e. The number of nitrogens with one attached hydrogen (secondary N) is 1. The number of para-hydroxylation sites is 1. The van der Waals surface area contributed by atoms with Crippen molar-refractivity contribution in [2.45, 2.75) is 39.0 Å². The lowest BCUT2D eigenvalue weighted by Crippen LogP contribution is -2.25. The summed E-state index contributed by atoms with van der Waals surface area (Å²) < 4.78 is 0. The van der Waals surface area contributed by atoms with Crippen LogP contribution >= 0.6 is 0 Å². The van der Waals surface area contributed by atoms with Crippen molar-refractivity contribution < 1.29 is 4.92 Å². The molecule has 5 heteroatoms. The average molecular weight is 291 g/mol. The summed E-state index contributed by atoms with van der Waals surface area (Å²) in [5.41, 5.74) is 1.55. The Kier molecular flexibility index (Phi) is 5.42. The fourth-order valence-electron chi connectivity index (χ4n) is 3.28. The lowest BCUT2D eigenvalue weighted by molar-refractivity contribution is -0.383. The van der Waals surface area contributed by atoms with E-state index in [2.05, 4.69) is 17.1 Å². The second-order valence-corrected chi connectivity index (χ2v) is 5.75. The maximum atomic E-state index is 11.4. The zero-order chi connectivity index (χ0) is 15.2. The van der Waals surface area contributed by atoms with E-state index < -0.39 is 0 Å². The fraction of sp³-hybridized carbons (Fsp3) is 0.625. The van der Waals surface area contributed by atoms with Gasteiger partial charge in [0, 0.05) is 20.1 Å². The first kappa shape index (κ1) is 15.6. The number of nitro benzene ring substituents is 1. The molecule has 1 N–H and O–H groups in total. The van der Waals surface area contributed by atoms with Crippen LogP contribution in [0.5, 0.6) is 0 Å². The van der Waals surface area contributed by atoms with E-state index in [0.29, 0.717) is 5.69 Å². The van der Waals surface area contributed by atoms with Gasteiger partial charge in [0.2, 0.25) is 0 Å². The van der Waals surface area contributed by atoms with Gasteiger partial charge >= 0.3 is 5.69 Å². The van der Waals surface area contributed by atoms with Crippen LogP contribution in [0.1, 0.15) is 39.0 Å². The molecular weight excluding hydrogens is 266 g/mol. The highest BCUT2D eigenvalue weighted by Crippen LogP contribution is 2.36. The predicted molar refractivity (Wildman–Crippen MR) is 87.1 cm³/mol. The molecule has 1 aromatic carbocycles. The second kappa shape index (κ2) is 7.29. The van der Waals surface area contributed by atoms with Crippen LogP contribution in [0.4, 0.5) is 17.1 Å². The molecule has 0 bridgehead atoms.